The Labute approximate surface area is 180 Å². The van der Waals surface area contributed by atoms with Crippen molar-refractivity contribution < 1.29 is 9.59 Å². The Morgan fingerprint density at radius 2 is 2.03 bits per heavy atom. The lowest BCUT2D eigenvalue weighted by Gasteiger charge is -2.33. The highest BCUT2D eigenvalue weighted by Crippen LogP contribution is 2.36. The molecule has 0 spiro atoms. The summed E-state index contributed by atoms with van der Waals surface area (Å²) in [5, 5.41) is 4.17. The molecule has 0 radical (unpaired) electrons. The van der Waals surface area contributed by atoms with Gasteiger partial charge in [0.1, 0.15) is 11.5 Å². The maximum Gasteiger partial charge on any atom is 0.272 e. The SMILES string of the molecule is CCn1nccc1C(=O)N1CCc2nc([C@H]3CCCN3C(=O)C3CCC3)[nH]c(=O)c2C1. The highest BCUT2D eigenvalue weighted by molar-refractivity contribution is 5.92. The van der Waals surface area contributed by atoms with E-state index in [1.807, 2.05) is 11.8 Å². The topological polar surface area (TPSA) is 104 Å². The quantitative estimate of drug-likeness (QED) is 0.804. The van der Waals surface area contributed by atoms with Gasteiger partial charge in [0.05, 0.1) is 23.8 Å². The van der Waals surface area contributed by atoms with Gasteiger partial charge in [-0.05, 0) is 38.7 Å². The zero-order chi connectivity index (χ0) is 21.5. The van der Waals surface area contributed by atoms with E-state index in [4.69, 9.17) is 4.98 Å². The van der Waals surface area contributed by atoms with Crippen molar-refractivity contribution >= 4 is 11.8 Å². The van der Waals surface area contributed by atoms with Gasteiger partial charge in [0, 0.05) is 38.2 Å². The van der Waals surface area contributed by atoms with Crippen molar-refractivity contribution in [1.29, 1.82) is 0 Å². The van der Waals surface area contributed by atoms with Crippen LogP contribution in [0.25, 0.3) is 0 Å². The number of carbonyl (C=O) groups excluding carboxylic acids is 2. The van der Waals surface area contributed by atoms with Gasteiger partial charge in [0.2, 0.25) is 5.91 Å². The molecule has 0 unspecified atom stereocenters. The molecule has 3 aliphatic rings. The fourth-order valence-corrected chi connectivity index (χ4v) is 4.91. The molecule has 9 nitrogen and oxygen atoms in total. The van der Waals surface area contributed by atoms with E-state index in [1.54, 1.807) is 21.8 Å². The molecule has 1 aliphatic carbocycles. The molecule has 0 aromatic carbocycles. The van der Waals surface area contributed by atoms with Crippen LogP contribution >= 0.6 is 0 Å². The summed E-state index contributed by atoms with van der Waals surface area (Å²) < 4.78 is 1.66. The van der Waals surface area contributed by atoms with E-state index >= 15 is 0 Å². The third-order valence-electron chi connectivity index (χ3n) is 6.92. The molecule has 2 aromatic heterocycles. The third-order valence-corrected chi connectivity index (χ3v) is 6.92. The molecule has 31 heavy (non-hydrogen) atoms. The van der Waals surface area contributed by atoms with Crippen molar-refractivity contribution in [3.05, 3.63) is 45.4 Å². The number of amides is 2. The monoisotopic (exact) mass is 424 g/mol. The van der Waals surface area contributed by atoms with Gasteiger partial charge >= 0.3 is 0 Å². The van der Waals surface area contributed by atoms with Crippen LogP contribution < -0.4 is 5.56 Å². The summed E-state index contributed by atoms with van der Waals surface area (Å²) in [6.45, 7) is 4.02. The molecule has 1 atom stereocenters. The molecule has 1 saturated heterocycles. The van der Waals surface area contributed by atoms with Crippen LogP contribution in [-0.4, -0.2) is 54.5 Å². The Balaban J connectivity index is 1.37. The lowest BCUT2D eigenvalue weighted by Crippen LogP contribution is -2.42. The number of likely N-dealkylation sites (tertiary alicyclic amines) is 1. The largest absolute Gasteiger partial charge is 0.332 e. The summed E-state index contributed by atoms with van der Waals surface area (Å²) in [5.41, 5.74) is 1.61. The van der Waals surface area contributed by atoms with Gasteiger partial charge in [-0.2, -0.15) is 5.10 Å². The fourth-order valence-electron chi connectivity index (χ4n) is 4.91. The number of H-pyrrole nitrogens is 1. The highest BCUT2D eigenvalue weighted by atomic mass is 16.2. The Hall–Kier alpha value is -2.97. The number of fused-ring (bicyclic) bond motifs is 1. The lowest BCUT2D eigenvalue weighted by atomic mass is 9.84. The van der Waals surface area contributed by atoms with E-state index in [0.29, 0.717) is 36.6 Å². The minimum absolute atomic E-state index is 0.124. The summed E-state index contributed by atoms with van der Waals surface area (Å²) >= 11 is 0. The first-order valence-corrected chi connectivity index (χ1v) is 11.3. The number of aryl methyl sites for hydroxylation is 1. The maximum absolute atomic E-state index is 12.9. The molecular formula is C22H28N6O3. The summed E-state index contributed by atoms with van der Waals surface area (Å²) in [6, 6.07) is 1.56. The molecule has 1 saturated carbocycles. The molecule has 4 heterocycles. The number of nitrogens with one attached hydrogen (secondary N) is 1. The highest BCUT2D eigenvalue weighted by Gasteiger charge is 2.38. The van der Waals surface area contributed by atoms with Crippen LogP contribution in [0, 0.1) is 5.92 Å². The van der Waals surface area contributed by atoms with Crippen LogP contribution in [0.15, 0.2) is 17.1 Å². The Morgan fingerprint density at radius 3 is 2.77 bits per heavy atom. The maximum atomic E-state index is 12.9. The summed E-state index contributed by atoms with van der Waals surface area (Å²) in [5.74, 6) is 0.818. The van der Waals surface area contributed by atoms with E-state index in [0.717, 1.165) is 44.3 Å². The van der Waals surface area contributed by atoms with Crippen molar-refractivity contribution in [2.75, 3.05) is 13.1 Å². The van der Waals surface area contributed by atoms with Crippen LogP contribution in [0.4, 0.5) is 0 Å². The number of hydrogen-bond donors (Lipinski definition) is 1. The van der Waals surface area contributed by atoms with Crippen molar-refractivity contribution in [1.82, 2.24) is 29.5 Å². The van der Waals surface area contributed by atoms with Crippen molar-refractivity contribution in [3.8, 4) is 0 Å². The van der Waals surface area contributed by atoms with E-state index in [2.05, 4.69) is 10.1 Å². The average Bonchev–Trinajstić information content (AvgIpc) is 3.41. The van der Waals surface area contributed by atoms with Crippen LogP contribution in [0.1, 0.15) is 72.6 Å². The molecule has 164 valence electrons. The van der Waals surface area contributed by atoms with Gasteiger partial charge in [0.25, 0.3) is 11.5 Å². The standard InChI is InChI=1S/C22H28N6O3/c1-2-28-18(8-10-23-28)22(31)26-12-9-16-15(13-26)20(29)25-19(24-16)17-7-4-11-27(17)21(30)14-5-3-6-14/h8,10,14,17H,2-7,9,11-13H2,1H3,(H,24,25,29)/t17-/m1/s1. The van der Waals surface area contributed by atoms with Crippen molar-refractivity contribution in [3.63, 3.8) is 0 Å². The van der Waals surface area contributed by atoms with E-state index in [9.17, 15) is 14.4 Å². The minimum Gasteiger partial charge on any atom is -0.332 e. The molecule has 1 N–H and O–H groups in total. The third kappa shape index (κ3) is 3.45. The number of hydrogen-bond acceptors (Lipinski definition) is 5. The molecular weight excluding hydrogens is 396 g/mol. The zero-order valence-corrected chi connectivity index (χ0v) is 17.8. The Bertz CT molecular complexity index is 1070. The summed E-state index contributed by atoms with van der Waals surface area (Å²) in [4.78, 5) is 50.0. The molecule has 5 rings (SSSR count). The smallest absolute Gasteiger partial charge is 0.272 e. The molecule has 2 aromatic rings. The minimum atomic E-state index is -0.204. The lowest BCUT2D eigenvalue weighted by molar-refractivity contribution is -0.139. The first-order valence-electron chi connectivity index (χ1n) is 11.3. The Morgan fingerprint density at radius 1 is 1.19 bits per heavy atom. The molecule has 0 bridgehead atoms. The number of aromatic nitrogens is 4. The second kappa shape index (κ2) is 7.94. The second-order valence-electron chi connectivity index (χ2n) is 8.70. The predicted octanol–water partition coefficient (Wildman–Crippen LogP) is 1.65. The number of carbonyl (C=O) groups is 2. The zero-order valence-electron chi connectivity index (χ0n) is 17.8. The molecule has 2 fully saturated rings. The molecule has 2 amide bonds. The van der Waals surface area contributed by atoms with Gasteiger partial charge in [-0.1, -0.05) is 6.42 Å². The van der Waals surface area contributed by atoms with E-state index < -0.39 is 0 Å². The van der Waals surface area contributed by atoms with Crippen molar-refractivity contribution in [2.45, 2.75) is 64.6 Å². The summed E-state index contributed by atoms with van der Waals surface area (Å²) in [7, 11) is 0. The van der Waals surface area contributed by atoms with Gasteiger partial charge < -0.3 is 14.8 Å². The van der Waals surface area contributed by atoms with Crippen LogP contribution in [0.2, 0.25) is 0 Å². The van der Waals surface area contributed by atoms with Crippen LogP contribution in [-0.2, 0) is 24.3 Å². The van der Waals surface area contributed by atoms with Gasteiger partial charge in [-0.15, -0.1) is 0 Å². The second-order valence-corrected chi connectivity index (χ2v) is 8.70. The number of nitrogens with zero attached hydrogens (tertiary/aromatic N) is 5. The first kappa shape index (κ1) is 20.0. The number of aromatic amines is 1. The van der Waals surface area contributed by atoms with Gasteiger partial charge in [-0.25, -0.2) is 4.98 Å². The average molecular weight is 425 g/mol. The van der Waals surface area contributed by atoms with Crippen LogP contribution in [0.3, 0.4) is 0 Å². The van der Waals surface area contributed by atoms with Crippen LogP contribution in [0.5, 0.6) is 0 Å². The molecule has 2 aliphatic heterocycles. The summed E-state index contributed by atoms with van der Waals surface area (Å²) in [6.07, 6.45) is 6.96. The van der Waals surface area contributed by atoms with Gasteiger partial charge in [-0.3, -0.25) is 19.1 Å². The first-order chi connectivity index (χ1) is 15.1. The van der Waals surface area contributed by atoms with E-state index in [-0.39, 0.29) is 35.9 Å². The predicted molar refractivity (Wildman–Crippen MR) is 112 cm³/mol. The van der Waals surface area contributed by atoms with E-state index in [1.165, 1.54) is 0 Å². The fraction of sp³-hybridized carbons (Fsp3) is 0.591. The normalized spacial score (nSPS) is 21.1. The number of rotatable bonds is 4. The van der Waals surface area contributed by atoms with Gasteiger partial charge in [0.15, 0.2) is 0 Å². The van der Waals surface area contributed by atoms with Crippen molar-refractivity contribution in [2.24, 2.45) is 5.92 Å². The molecule has 9 heteroatoms. The Kier molecular flexibility index (Phi) is 5.11.